The second kappa shape index (κ2) is 5.77. The third-order valence-corrected chi connectivity index (χ3v) is 4.97. The maximum absolute atomic E-state index is 4.25. The van der Waals surface area contributed by atoms with E-state index in [4.69, 9.17) is 0 Å². The minimum absolute atomic E-state index is 0.787. The summed E-state index contributed by atoms with van der Waals surface area (Å²) in [6.45, 7) is 3.79. The molecule has 0 saturated heterocycles. The fraction of sp³-hybridized carbons (Fsp3) is 0.235. The van der Waals surface area contributed by atoms with Crippen molar-refractivity contribution < 1.29 is 0 Å². The van der Waals surface area contributed by atoms with Crippen LogP contribution < -0.4 is 4.90 Å². The lowest BCUT2D eigenvalue weighted by molar-refractivity contribution is 0.687. The SMILES string of the molecule is Cc1ccc(-n2nnnc2N2CCc3cccc(Br)c3C2)cc1. The van der Waals surface area contributed by atoms with E-state index in [-0.39, 0.29) is 0 Å². The van der Waals surface area contributed by atoms with Crippen molar-refractivity contribution in [2.24, 2.45) is 0 Å². The normalized spacial score (nSPS) is 13.9. The number of benzene rings is 2. The first-order chi connectivity index (χ1) is 11.2. The van der Waals surface area contributed by atoms with Crippen LogP contribution in [0.25, 0.3) is 5.69 Å². The van der Waals surface area contributed by atoms with Crippen LogP contribution in [0.4, 0.5) is 5.95 Å². The molecule has 0 radical (unpaired) electrons. The van der Waals surface area contributed by atoms with Crippen LogP contribution in [0, 0.1) is 6.92 Å². The van der Waals surface area contributed by atoms with Gasteiger partial charge in [-0.1, -0.05) is 50.9 Å². The highest BCUT2D eigenvalue weighted by Gasteiger charge is 2.23. The van der Waals surface area contributed by atoms with Crippen LogP contribution >= 0.6 is 15.9 Å². The van der Waals surface area contributed by atoms with Crippen molar-refractivity contribution >= 4 is 21.9 Å². The molecular formula is C17H16BrN5. The highest BCUT2D eigenvalue weighted by atomic mass is 79.9. The smallest absolute Gasteiger partial charge is 0.250 e. The standard InChI is InChI=1S/C17H16BrN5/c1-12-5-7-14(8-6-12)23-17(19-20-21-23)22-10-9-13-3-2-4-16(18)15(13)11-22/h2-8H,9-11H2,1H3. The summed E-state index contributed by atoms with van der Waals surface area (Å²) in [4.78, 5) is 2.23. The van der Waals surface area contributed by atoms with Crippen LogP contribution in [0.1, 0.15) is 16.7 Å². The lowest BCUT2D eigenvalue weighted by Crippen LogP contribution is -2.32. The van der Waals surface area contributed by atoms with Gasteiger partial charge in [0.25, 0.3) is 5.95 Å². The predicted octanol–water partition coefficient (Wildman–Crippen LogP) is 3.30. The molecule has 0 fully saturated rings. The fourth-order valence-corrected chi connectivity index (χ4v) is 3.48. The molecule has 3 aromatic rings. The summed E-state index contributed by atoms with van der Waals surface area (Å²) in [6.07, 6.45) is 0.996. The molecule has 0 bridgehead atoms. The quantitative estimate of drug-likeness (QED) is 0.695. The Labute approximate surface area is 143 Å². The molecule has 2 heterocycles. The minimum Gasteiger partial charge on any atom is -0.335 e. The first-order valence-electron chi connectivity index (χ1n) is 7.59. The maximum Gasteiger partial charge on any atom is 0.250 e. The molecule has 0 spiro atoms. The Morgan fingerprint density at radius 3 is 2.74 bits per heavy atom. The summed E-state index contributed by atoms with van der Waals surface area (Å²) >= 11 is 3.66. The molecule has 1 aromatic heterocycles. The lowest BCUT2D eigenvalue weighted by Gasteiger charge is -2.29. The van der Waals surface area contributed by atoms with E-state index in [0.717, 1.165) is 35.6 Å². The molecule has 1 aliphatic rings. The van der Waals surface area contributed by atoms with Crippen molar-refractivity contribution in [1.29, 1.82) is 0 Å². The van der Waals surface area contributed by atoms with E-state index in [1.165, 1.54) is 16.7 Å². The number of nitrogens with zero attached hydrogens (tertiary/aromatic N) is 5. The molecule has 116 valence electrons. The molecule has 4 rings (SSSR count). The Balaban J connectivity index is 1.69. The summed E-state index contributed by atoms with van der Waals surface area (Å²) in [7, 11) is 0. The molecule has 0 unspecified atom stereocenters. The monoisotopic (exact) mass is 369 g/mol. The van der Waals surface area contributed by atoms with Crippen molar-refractivity contribution in [1.82, 2.24) is 20.2 Å². The third-order valence-electron chi connectivity index (χ3n) is 4.23. The average Bonchev–Trinajstić information content (AvgIpc) is 3.05. The molecule has 0 N–H and O–H groups in total. The molecule has 5 nitrogen and oxygen atoms in total. The molecule has 0 aliphatic carbocycles. The summed E-state index contributed by atoms with van der Waals surface area (Å²) in [5.74, 6) is 0.787. The first kappa shape index (κ1) is 14.4. The van der Waals surface area contributed by atoms with Gasteiger partial charge in [0.15, 0.2) is 0 Å². The number of aryl methyl sites for hydroxylation is 1. The van der Waals surface area contributed by atoms with E-state index in [2.05, 4.69) is 73.6 Å². The van der Waals surface area contributed by atoms with Gasteiger partial charge in [-0.3, -0.25) is 0 Å². The van der Waals surface area contributed by atoms with Gasteiger partial charge in [-0.15, -0.1) is 0 Å². The molecule has 1 aliphatic heterocycles. The van der Waals surface area contributed by atoms with E-state index in [1.807, 2.05) is 12.1 Å². The van der Waals surface area contributed by atoms with E-state index >= 15 is 0 Å². The van der Waals surface area contributed by atoms with Gasteiger partial charge in [-0.05, 0) is 53.1 Å². The Bertz CT molecular complexity index is 840. The van der Waals surface area contributed by atoms with Crippen LogP contribution in [0.3, 0.4) is 0 Å². The molecule has 2 aromatic carbocycles. The third kappa shape index (κ3) is 2.63. The number of anilines is 1. The molecule has 6 heteroatoms. The topological polar surface area (TPSA) is 46.8 Å². The van der Waals surface area contributed by atoms with Gasteiger partial charge in [0.1, 0.15) is 0 Å². The van der Waals surface area contributed by atoms with Crippen molar-refractivity contribution in [3.63, 3.8) is 0 Å². The Kier molecular flexibility index (Phi) is 3.61. The van der Waals surface area contributed by atoms with Crippen molar-refractivity contribution in [2.45, 2.75) is 19.9 Å². The zero-order valence-electron chi connectivity index (χ0n) is 12.8. The van der Waals surface area contributed by atoms with Crippen molar-refractivity contribution in [3.05, 3.63) is 63.6 Å². The molecule has 23 heavy (non-hydrogen) atoms. The number of halogens is 1. The van der Waals surface area contributed by atoms with Gasteiger partial charge in [-0.2, -0.15) is 4.68 Å². The van der Waals surface area contributed by atoms with Crippen LogP contribution in [0.5, 0.6) is 0 Å². The van der Waals surface area contributed by atoms with E-state index in [0.29, 0.717) is 0 Å². The van der Waals surface area contributed by atoms with E-state index < -0.39 is 0 Å². The molecular weight excluding hydrogens is 354 g/mol. The number of fused-ring (bicyclic) bond motifs is 1. The van der Waals surface area contributed by atoms with Gasteiger partial charge in [-0.25, -0.2) is 0 Å². The summed E-state index contributed by atoms with van der Waals surface area (Å²) in [6, 6.07) is 14.6. The van der Waals surface area contributed by atoms with Gasteiger partial charge < -0.3 is 4.90 Å². The summed E-state index contributed by atoms with van der Waals surface area (Å²) < 4.78 is 2.95. The average molecular weight is 370 g/mol. The minimum atomic E-state index is 0.787. The Morgan fingerprint density at radius 2 is 1.91 bits per heavy atom. The fourth-order valence-electron chi connectivity index (χ4n) is 2.94. The number of aromatic nitrogens is 4. The zero-order chi connectivity index (χ0) is 15.8. The largest absolute Gasteiger partial charge is 0.335 e. The Morgan fingerprint density at radius 1 is 1.09 bits per heavy atom. The summed E-state index contributed by atoms with van der Waals surface area (Å²) in [5, 5.41) is 12.3. The Hall–Kier alpha value is -2.21. The first-order valence-corrected chi connectivity index (χ1v) is 8.38. The van der Waals surface area contributed by atoms with Gasteiger partial charge in [0.05, 0.1) is 5.69 Å². The number of hydrogen-bond donors (Lipinski definition) is 0. The van der Waals surface area contributed by atoms with Crippen molar-refractivity contribution in [2.75, 3.05) is 11.4 Å². The lowest BCUT2D eigenvalue weighted by atomic mass is 10.0. The van der Waals surface area contributed by atoms with Gasteiger partial charge >= 0.3 is 0 Å². The second-order valence-corrected chi connectivity index (χ2v) is 6.63. The van der Waals surface area contributed by atoms with Crippen LogP contribution in [0.2, 0.25) is 0 Å². The van der Waals surface area contributed by atoms with Gasteiger partial charge in [0, 0.05) is 17.6 Å². The number of tetrazole rings is 1. The second-order valence-electron chi connectivity index (χ2n) is 5.78. The zero-order valence-corrected chi connectivity index (χ0v) is 14.4. The highest BCUT2D eigenvalue weighted by molar-refractivity contribution is 9.10. The number of rotatable bonds is 2. The van der Waals surface area contributed by atoms with E-state index in [9.17, 15) is 0 Å². The highest BCUT2D eigenvalue weighted by Crippen LogP contribution is 2.29. The van der Waals surface area contributed by atoms with Crippen LogP contribution in [-0.4, -0.2) is 26.8 Å². The van der Waals surface area contributed by atoms with Crippen LogP contribution in [0.15, 0.2) is 46.9 Å². The van der Waals surface area contributed by atoms with Crippen LogP contribution in [-0.2, 0) is 13.0 Å². The van der Waals surface area contributed by atoms with E-state index in [1.54, 1.807) is 4.68 Å². The molecule has 0 atom stereocenters. The predicted molar refractivity (Wildman–Crippen MR) is 92.8 cm³/mol. The number of hydrogen-bond acceptors (Lipinski definition) is 4. The molecule has 0 saturated carbocycles. The summed E-state index contributed by atoms with van der Waals surface area (Å²) in [5.41, 5.74) is 4.91. The van der Waals surface area contributed by atoms with Gasteiger partial charge in [0.2, 0.25) is 0 Å². The maximum atomic E-state index is 4.25. The van der Waals surface area contributed by atoms with Crippen molar-refractivity contribution in [3.8, 4) is 5.69 Å². The molecule has 0 amide bonds.